The van der Waals surface area contributed by atoms with E-state index in [1.807, 2.05) is 51.1 Å². The van der Waals surface area contributed by atoms with Gasteiger partial charge in [-0.3, -0.25) is 15.0 Å². The normalized spacial score (nSPS) is 15.0. The molecule has 6 heteroatoms. The summed E-state index contributed by atoms with van der Waals surface area (Å²) in [5, 5.41) is 1.26. The van der Waals surface area contributed by atoms with Gasteiger partial charge in [-0.2, -0.15) is 0 Å². The lowest BCUT2D eigenvalue weighted by Gasteiger charge is -2.16. The molecule has 0 bridgehead atoms. The first-order chi connectivity index (χ1) is 14.1. The van der Waals surface area contributed by atoms with Crippen LogP contribution in [0, 0.1) is 6.92 Å². The van der Waals surface area contributed by atoms with Crippen molar-refractivity contribution in [1.82, 2.24) is 5.43 Å². The van der Waals surface area contributed by atoms with Gasteiger partial charge in [0.1, 0.15) is 17.1 Å². The molecule has 2 aromatic rings. The maximum atomic E-state index is 12.8. The Bertz CT molecular complexity index is 922. The third kappa shape index (κ3) is 4.42. The van der Waals surface area contributed by atoms with E-state index in [1.54, 1.807) is 18.2 Å². The van der Waals surface area contributed by atoms with E-state index in [1.165, 1.54) is 5.01 Å². The summed E-state index contributed by atoms with van der Waals surface area (Å²) in [5.74, 6) is 0.538. The average Bonchev–Trinajstić information content (AvgIpc) is 3.01. The Morgan fingerprint density at radius 1 is 0.966 bits per heavy atom. The van der Waals surface area contributed by atoms with Crippen molar-refractivity contribution in [2.24, 2.45) is 0 Å². The van der Waals surface area contributed by atoms with E-state index in [4.69, 9.17) is 9.47 Å². The summed E-state index contributed by atoms with van der Waals surface area (Å²) in [6.07, 6.45) is 3.33. The molecule has 1 aliphatic rings. The first kappa shape index (κ1) is 20.5. The number of nitrogens with one attached hydrogen (secondary N) is 1. The van der Waals surface area contributed by atoms with Crippen LogP contribution in [0.5, 0.6) is 11.5 Å². The van der Waals surface area contributed by atoms with Crippen LogP contribution in [0.3, 0.4) is 0 Å². The van der Waals surface area contributed by atoms with Gasteiger partial charge in [-0.1, -0.05) is 32.0 Å². The zero-order valence-corrected chi connectivity index (χ0v) is 17.0. The monoisotopic (exact) mass is 394 g/mol. The van der Waals surface area contributed by atoms with E-state index in [0.717, 1.165) is 24.2 Å². The number of para-hydroxylation sites is 1. The van der Waals surface area contributed by atoms with Crippen molar-refractivity contribution in [1.29, 1.82) is 0 Å². The number of benzene rings is 2. The van der Waals surface area contributed by atoms with Crippen LogP contribution < -0.4 is 19.9 Å². The van der Waals surface area contributed by atoms with Crippen molar-refractivity contribution < 1.29 is 19.1 Å². The van der Waals surface area contributed by atoms with Gasteiger partial charge in [0.15, 0.2) is 0 Å². The molecule has 3 rings (SSSR count). The van der Waals surface area contributed by atoms with Gasteiger partial charge in [0, 0.05) is 11.1 Å². The number of hydrogen-bond acceptors (Lipinski definition) is 4. The van der Waals surface area contributed by atoms with Crippen molar-refractivity contribution in [3.63, 3.8) is 0 Å². The van der Waals surface area contributed by atoms with E-state index < -0.39 is 11.8 Å². The Hall–Kier alpha value is -3.28. The summed E-state index contributed by atoms with van der Waals surface area (Å²) in [4.78, 5) is 25.3. The topological polar surface area (TPSA) is 67.9 Å². The van der Waals surface area contributed by atoms with Crippen LogP contribution in [0.2, 0.25) is 0 Å². The minimum atomic E-state index is -0.441. The fourth-order valence-electron chi connectivity index (χ4n) is 3.04. The van der Waals surface area contributed by atoms with Gasteiger partial charge >= 0.3 is 0 Å². The summed E-state index contributed by atoms with van der Waals surface area (Å²) >= 11 is 0. The minimum Gasteiger partial charge on any atom is -0.493 e. The Morgan fingerprint density at radius 3 is 2.34 bits per heavy atom. The van der Waals surface area contributed by atoms with Gasteiger partial charge < -0.3 is 9.47 Å². The molecule has 1 saturated heterocycles. The van der Waals surface area contributed by atoms with E-state index >= 15 is 0 Å². The van der Waals surface area contributed by atoms with Crippen LogP contribution in [0.4, 0.5) is 5.69 Å². The fraction of sp³-hybridized carbons (Fsp3) is 0.304. The average molecular weight is 394 g/mol. The third-order valence-electron chi connectivity index (χ3n) is 4.50. The molecule has 1 N–H and O–H groups in total. The molecule has 0 spiro atoms. The molecule has 0 atom stereocenters. The molecular formula is C23H26N2O4. The third-order valence-corrected chi connectivity index (χ3v) is 4.50. The van der Waals surface area contributed by atoms with Gasteiger partial charge in [0.25, 0.3) is 11.8 Å². The zero-order chi connectivity index (χ0) is 20.8. The quantitative estimate of drug-likeness (QED) is 0.542. The molecule has 0 radical (unpaired) electrons. The summed E-state index contributed by atoms with van der Waals surface area (Å²) in [5.41, 5.74) is 4.82. The Morgan fingerprint density at radius 2 is 1.66 bits per heavy atom. The first-order valence-electron chi connectivity index (χ1n) is 9.88. The molecule has 1 aliphatic heterocycles. The molecule has 6 nitrogen and oxygen atoms in total. The Labute approximate surface area is 171 Å². The summed E-state index contributed by atoms with van der Waals surface area (Å²) < 4.78 is 11.7. The van der Waals surface area contributed by atoms with E-state index in [9.17, 15) is 9.59 Å². The minimum absolute atomic E-state index is 0.0665. The molecule has 2 amide bonds. The van der Waals surface area contributed by atoms with Crippen LogP contribution in [0.25, 0.3) is 6.08 Å². The number of hydrogen-bond donors (Lipinski definition) is 1. The van der Waals surface area contributed by atoms with Crippen molar-refractivity contribution in [3.8, 4) is 11.5 Å². The lowest BCUT2D eigenvalue weighted by atomic mass is 10.0. The Kier molecular flexibility index (Phi) is 6.54. The van der Waals surface area contributed by atoms with Crippen molar-refractivity contribution in [2.75, 3.05) is 18.2 Å². The first-order valence-corrected chi connectivity index (χ1v) is 9.88. The van der Waals surface area contributed by atoms with Crippen molar-refractivity contribution in [2.45, 2.75) is 33.6 Å². The summed E-state index contributed by atoms with van der Waals surface area (Å²) in [6, 6.07) is 12.7. The summed E-state index contributed by atoms with van der Waals surface area (Å²) in [6.45, 7) is 7.14. The smallest absolute Gasteiger partial charge is 0.282 e. The number of carbonyl (C=O) groups excluding carboxylic acids is 2. The highest BCUT2D eigenvalue weighted by Crippen LogP contribution is 2.34. The largest absolute Gasteiger partial charge is 0.493 e. The fourth-order valence-corrected chi connectivity index (χ4v) is 3.04. The number of nitrogens with zero attached hydrogens (tertiary/aromatic N) is 1. The predicted molar refractivity (Wildman–Crippen MR) is 113 cm³/mol. The zero-order valence-electron chi connectivity index (χ0n) is 17.0. The number of amides is 2. The molecule has 29 heavy (non-hydrogen) atoms. The molecule has 152 valence electrons. The number of rotatable bonds is 8. The molecule has 0 unspecified atom stereocenters. The number of ether oxygens (including phenoxy) is 2. The standard InChI is InChI=1S/C23H26N2O4/c1-4-13-28-20-12-11-17(21(16(20)3)29-14-5-2)15-19-22(26)24-25(23(19)27)18-9-7-6-8-10-18/h6-12,15H,4-5,13-14H2,1-3H3,(H,24,26)/b19-15+. The van der Waals surface area contributed by atoms with Crippen molar-refractivity contribution in [3.05, 3.63) is 59.2 Å². The predicted octanol–water partition coefficient (Wildman–Crippen LogP) is 4.03. The summed E-state index contributed by atoms with van der Waals surface area (Å²) in [7, 11) is 0. The molecule has 1 heterocycles. The number of hydrazine groups is 1. The van der Waals surface area contributed by atoms with Gasteiger partial charge in [-0.15, -0.1) is 0 Å². The van der Waals surface area contributed by atoms with Crippen LogP contribution in [-0.2, 0) is 9.59 Å². The lowest BCUT2D eigenvalue weighted by molar-refractivity contribution is -0.117. The second kappa shape index (κ2) is 9.28. The molecule has 2 aromatic carbocycles. The van der Waals surface area contributed by atoms with E-state index in [0.29, 0.717) is 30.2 Å². The van der Waals surface area contributed by atoms with Crippen LogP contribution in [0.15, 0.2) is 48.0 Å². The molecule has 0 saturated carbocycles. The SMILES string of the molecule is CCCOc1ccc(/C=C2\C(=O)NN(c3ccccc3)C2=O)c(OCCC)c1C. The van der Waals surface area contributed by atoms with Gasteiger partial charge in [-0.05, 0) is 50.1 Å². The van der Waals surface area contributed by atoms with Gasteiger partial charge in [-0.25, -0.2) is 5.01 Å². The van der Waals surface area contributed by atoms with Gasteiger partial charge in [0.2, 0.25) is 0 Å². The molecule has 1 fully saturated rings. The van der Waals surface area contributed by atoms with Crippen LogP contribution in [-0.4, -0.2) is 25.0 Å². The number of carbonyl (C=O) groups is 2. The van der Waals surface area contributed by atoms with Crippen LogP contribution in [0.1, 0.15) is 37.8 Å². The highest BCUT2D eigenvalue weighted by molar-refractivity contribution is 6.31. The van der Waals surface area contributed by atoms with E-state index in [2.05, 4.69) is 5.43 Å². The molecule has 0 aromatic heterocycles. The van der Waals surface area contributed by atoms with Crippen molar-refractivity contribution >= 4 is 23.6 Å². The second-order valence-corrected chi connectivity index (χ2v) is 6.78. The maximum Gasteiger partial charge on any atom is 0.282 e. The van der Waals surface area contributed by atoms with Crippen LogP contribution >= 0.6 is 0 Å². The van der Waals surface area contributed by atoms with Gasteiger partial charge in [0.05, 0.1) is 18.9 Å². The maximum absolute atomic E-state index is 12.8. The number of anilines is 1. The highest BCUT2D eigenvalue weighted by atomic mass is 16.5. The highest BCUT2D eigenvalue weighted by Gasteiger charge is 2.34. The molecule has 0 aliphatic carbocycles. The second-order valence-electron chi connectivity index (χ2n) is 6.78. The Balaban J connectivity index is 1.96. The van der Waals surface area contributed by atoms with E-state index in [-0.39, 0.29) is 5.57 Å². The lowest BCUT2D eigenvalue weighted by Crippen LogP contribution is -2.35. The molecular weight excluding hydrogens is 368 g/mol.